The molecule has 80 valence electrons. The maximum absolute atomic E-state index is 9.53. The molecule has 0 unspecified atom stereocenters. The van der Waals surface area contributed by atoms with Crippen molar-refractivity contribution < 1.29 is 5.11 Å². The smallest absolute Gasteiger partial charge is 0.120 e. The van der Waals surface area contributed by atoms with Crippen molar-refractivity contribution in [3.05, 3.63) is 35.4 Å². The van der Waals surface area contributed by atoms with Crippen molar-refractivity contribution in [3.63, 3.8) is 0 Å². The molecule has 0 radical (unpaired) electrons. The average molecular weight is 202 g/mol. The zero-order chi connectivity index (χ0) is 11.5. The van der Waals surface area contributed by atoms with Gasteiger partial charge in [0.15, 0.2) is 0 Å². The molecule has 0 saturated heterocycles. The van der Waals surface area contributed by atoms with E-state index < -0.39 is 5.60 Å². The van der Waals surface area contributed by atoms with Crippen molar-refractivity contribution in [2.45, 2.75) is 39.2 Å². The second-order valence-electron chi connectivity index (χ2n) is 4.55. The molecule has 15 heavy (non-hydrogen) atoms. The Labute approximate surface area is 92.1 Å². The molecule has 0 heterocycles. The molecule has 0 aromatic heterocycles. The monoisotopic (exact) mass is 202 g/mol. The molecule has 0 amide bonds. The van der Waals surface area contributed by atoms with E-state index in [1.165, 1.54) is 5.56 Å². The van der Waals surface area contributed by atoms with E-state index in [4.69, 9.17) is 0 Å². The molecule has 1 aromatic rings. The molecule has 1 aromatic carbocycles. The van der Waals surface area contributed by atoms with Crippen molar-refractivity contribution in [2.24, 2.45) is 0 Å². The summed E-state index contributed by atoms with van der Waals surface area (Å²) in [5, 5.41) is 9.53. The van der Waals surface area contributed by atoms with Crippen LogP contribution in [-0.4, -0.2) is 10.7 Å². The highest BCUT2D eigenvalue weighted by atomic mass is 16.3. The Morgan fingerprint density at radius 2 is 1.80 bits per heavy atom. The second kappa shape index (κ2) is 4.51. The third-order valence-electron chi connectivity index (χ3n) is 2.09. The zero-order valence-electron chi connectivity index (χ0n) is 9.83. The highest BCUT2D eigenvalue weighted by molar-refractivity contribution is 5.43. The number of hydrogen-bond donors (Lipinski definition) is 1. The molecule has 0 spiro atoms. The fraction of sp³-hybridized carbons (Fsp3) is 0.429. The average Bonchev–Trinajstić information content (AvgIpc) is 2.14. The van der Waals surface area contributed by atoms with Crippen LogP contribution in [0.1, 0.15) is 44.7 Å². The lowest BCUT2D eigenvalue weighted by Crippen LogP contribution is -2.14. The van der Waals surface area contributed by atoms with Gasteiger partial charge in [-0.15, -0.1) is 0 Å². The summed E-state index contributed by atoms with van der Waals surface area (Å²) in [6.07, 6.45) is 0. The van der Waals surface area contributed by atoms with Crippen molar-refractivity contribution in [2.75, 3.05) is 0 Å². The van der Waals surface area contributed by atoms with Gasteiger partial charge in [-0.05, 0) is 31.4 Å². The standard InChI is InChI=1S/C14H18O/c1-11(2)13-8-6-5-7-12(13)9-10-14(3,4)15/h5-8,11,15H,1-4H3. The fourth-order valence-corrected chi connectivity index (χ4v) is 1.33. The SMILES string of the molecule is CC(C)c1ccccc1C#CC(C)(C)O. The third-order valence-corrected chi connectivity index (χ3v) is 2.09. The number of aliphatic hydroxyl groups is 1. The molecule has 0 bridgehead atoms. The van der Waals surface area contributed by atoms with Gasteiger partial charge in [0.1, 0.15) is 5.60 Å². The maximum atomic E-state index is 9.53. The minimum Gasteiger partial charge on any atom is -0.378 e. The predicted molar refractivity (Wildman–Crippen MR) is 63.7 cm³/mol. The summed E-state index contributed by atoms with van der Waals surface area (Å²) in [6.45, 7) is 7.67. The molecule has 0 aliphatic rings. The molecule has 0 atom stereocenters. The topological polar surface area (TPSA) is 20.2 Å². The highest BCUT2D eigenvalue weighted by Gasteiger charge is 2.07. The van der Waals surface area contributed by atoms with Crippen molar-refractivity contribution in [3.8, 4) is 11.8 Å². The highest BCUT2D eigenvalue weighted by Crippen LogP contribution is 2.18. The van der Waals surface area contributed by atoms with Gasteiger partial charge in [-0.3, -0.25) is 0 Å². The first-order chi connectivity index (χ1) is 6.90. The Balaban J connectivity index is 3.08. The van der Waals surface area contributed by atoms with Crippen molar-refractivity contribution >= 4 is 0 Å². The Morgan fingerprint density at radius 3 is 2.33 bits per heavy atom. The summed E-state index contributed by atoms with van der Waals surface area (Å²) < 4.78 is 0. The summed E-state index contributed by atoms with van der Waals surface area (Å²) in [5.74, 6) is 6.33. The molecule has 1 N–H and O–H groups in total. The molecule has 1 nitrogen and oxygen atoms in total. The molecule has 1 heteroatoms. The van der Waals surface area contributed by atoms with Gasteiger partial charge >= 0.3 is 0 Å². The Hall–Kier alpha value is -1.26. The first-order valence-corrected chi connectivity index (χ1v) is 5.24. The molecule has 0 aliphatic heterocycles. The van der Waals surface area contributed by atoms with E-state index in [0.29, 0.717) is 5.92 Å². The quantitative estimate of drug-likeness (QED) is 0.694. The van der Waals surface area contributed by atoms with Crippen molar-refractivity contribution in [1.29, 1.82) is 0 Å². The van der Waals surface area contributed by atoms with E-state index in [2.05, 4.69) is 31.8 Å². The lowest BCUT2D eigenvalue weighted by molar-refractivity contribution is 0.143. The molecular formula is C14H18O. The Bertz CT molecular complexity index is 386. The molecule has 0 fully saturated rings. The minimum atomic E-state index is -0.926. The molecule has 0 aliphatic carbocycles. The largest absolute Gasteiger partial charge is 0.378 e. The third kappa shape index (κ3) is 3.77. The second-order valence-corrected chi connectivity index (χ2v) is 4.55. The first kappa shape index (κ1) is 11.8. The number of rotatable bonds is 1. The van der Waals surface area contributed by atoms with Crippen LogP contribution >= 0.6 is 0 Å². The van der Waals surface area contributed by atoms with Gasteiger partial charge in [-0.2, -0.15) is 0 Å². The first-order valence-electron chi connectivity index (χ1n) is 5.24. The summed E-state index contributed by atoms with van der Waals surface area (Å²) >= 11 is 0. The van der Waals surface area contributed by atoms with Crippen LogP contribution in [-0.2, 0) is 0 Å². The van der Waals surface area contributed by atoms with Crippen molar-refractivity contribution in [1.82, 2.24) is 0 Å². The lowest BCUT2D eigenvalue weighted by atomic mass is 9.97. The van der Waals surface area contributed by atoms with Gasteiger partial charge in [0.05, 0.1) is 0 Å². The van der Waals surface area contributed by atoms with Crippen LogP contribution in [0.2, 0.25) is 0 Å². The van der Waals surface area contributed by atoms with Crippen LogP contribution in [0.4, 0.5) is 0 Å². The van der Waals surface area contributed by atoms with Gasteiger partial charge in [-0.1, -0.05) is 43.9 Å². The summed E-state index contributed by atoms with van der Waals surface area (Å²) in [4.78, 5) is 0. The Morgan fingerprint density at radius 1 is 1.20 bits per heavy atom. The van der Waals surface area contributed by atoms with E-state index in [1.807, 2.05) is 18.2 Å². The summed E-state index contributed by atoms with van der Waals surface area (Å²) in [5.41, 5.74) is 1.31. The number of benzene rings is 1. The van der Waals surface area contributed by atoms with Gasteiger partial charge in [-0.25, -0.2) is 0 Å². The van der Waals surface area contributed by atoms with Gasteiger partial charge in [0.25, 0.3) is 0 Å². The van der Waals surface area contributed by atoms with Crippen LogP contribution in [0, 0.1) is 11.8 Å². The van der Waals surface area contributed by atoms with E-state index in [1.54, 1.807) is 13.8 Å². The normalized spacial score (nSPS) is 11.1. The minimum absolute atomic E-state index is 0.456. The van der Waals surface area contributed by atoms with Crippen LogP contribution < -0.4 is 0 Å². The van der Waals surface area contributed by atoms with Crippen LogP contribution in [0.25, 0.3) is 0 Å². The predicted octanol–water partition coefficient (Wildman–Crippen LogP) is 2.93. The zero-order valence-corrected chi connectivity index (χ0v) is 9.83. The van der Waals surface area contributed by atoms with E-state index in [0.717, 1.165) is 5.56 Å². The van der Waals surface area contributed by atoms with Crippen LogP contribution in [0.5, 0.6) is 0 Å². The van der Waals surface area contributed by atoms with E-state index in [-0.39, 0.29) is 0 Å². The van der Waals surface area contributed by atoms with Gasteiger partial charge < -0.3 is 5.11 Å². The number of hydrogen-bond acceptors (Lipinski definition) is 1. The molecule has 1 rings (SSSR count). The fourth-order valence-electron chi connectivity index (χ4n) is 1.33. The summed E-state index contributed by atoms with van der Waals surface area (Å²) in [7, 11) is 0. The van der Waals surface area contributed by atoms with E-state index in [9.17, 15) is 5.11 Å². The lowest BCUT2D eigenvalue weighted by Gasteiger charge is -2.09. The van der Waals surface area contributed by atoms with Crippen LogP contribution in [0.3, 0.4) is 0 Å². The summed E-state index contributed by atoms with van der Waals surface area (Å²) in [6, 6.07) is 8.07. The van der Waals surface area contributed by atoms with Gasteiger partial charge in [0.2, 0.25) is 0 Å². The van der Waals surface area contributed by atoms with Gasteiger partial charge in [0, 0.05) is 5.56 Å². The van der Waals surface area contributed by atoms with Crippen LogP contribution in [0.15, 0.2) is 24.3 Å². The maximum Gasteiger partial charge on any atom is 0.120 e. The molecule has 0 saturated carbocycles. The van der Waals surface area contributed by atoms with E-state index >= 15 is 0 Å². The Kier molecular flexibility index (Phi) is 3.55. The molecular weight excluding hydrogens is 184 g/mol.